The molecule has 0 saturated heterocycles. The second-order valence-corrected chi connectivity index (χ2v) is 16.7. The summed E-state index contributed by atoms with van der Waals surface area (Å²) in [6, 6.07) is 3.29. The van der Waals surface area contributed by atoms with Gasteiger partial charge in [-0.2, -0.15) is 14.6 Å². The Bertz CT molecular complexity index is 1280. The van der Waals surface area contributed by atoms with Crippen molar-refractivity contribution in [3.8, 4) is 0 Å². The van der Waals surface area contributed by atoms with Crippen molar-refractivity contribution < 1.29 is 18.3 Å². The summed E-state index contributed by atoms with van der Waals surface area (Å²) >= 11 is 0. The Morgan fingerprint density at radius 1 is 0.851 bits per heavy atom. The van der Waals surface area contributed by atoms with Crippen LogP contribution in [-0.4, -0.2) is 55.0 Å². The maximum absolute atomic E-state index is 12.7. The lowest BCUT2D eigenvalue weighted by Gasteiger charge is -2.20. The number of aromatic nitrogens is 5. The van der Waals surface area contributed by atoms with E-state index >= 15 is 0 Å². The van der Waals surface area contributed by atoms with E-state index in [1.54, 1.807) is 18.7 Å². The Kier molecular flexibility index (Phi) is 15.1. The average molecular weight is 660 g/mol. The molecule has 0 bridgehead atoms. The monoisotopic (exact) mass is 659 g/mol. The van der Waals surface area contributed by atoms with Crippen LogP contribution in [0.1, 0.15) is 123 Å². The van der Waals surface area contributed by atoms with Crippen molar-refractivity contribution in [3.63, 3.8) is 0 Å². The van der Waals surface area contributed by atoms with Crippen molar-refractivity contribution in [1.82, 2.24) is 29.9 Å². The van der Waals surface area contributed by atoms with Gasteiger partial charge in [-0.15, -0.1) is 0 Å². The molecular formula is C36H62FN7O3. The molecule has 5 rings (SSSR count). The number of rotatable bonds is 1. The van der Waals surface area contributed by atoms with Gasteiger partial charge in [-0.1, -0.05) is 41.5 Å². The fourth-order valence-corrected chi connectivity index (χ4v) is 3.65. The number of nitrogens with one attached hydrogen (secondary N) is 1. The Hall–Kier alpha value is -3.50. The lowest BCUT2D eigenvalue weighted by atomic mass is 9.97. The lowest BCUT2D eigenvalue weighted by Crippen LogP contribution is -2.41. The van der Waals surface area contributed by atoms with Gasteiger partial charge in [0, 0.05) is 40.7 Å². The second kappa shape index (κ2) is 17.1. The van der Waals surface area contributed by atoms with E-state index in [0.717, 1.165) is 37.8 Å². The molecule has 0 atom stereocenters. The molecule has 2 aliphatic rings. The molecule has 0 unspecified atom stereocenters. The topological polar surface area (TPSA) is 112 Å². The molecule has 0 spiro atoms. The van der Waals surface area contributed by atoms with Gasteiger partial charge in [0.1, 0.15) is 12.9 Å². The van der Waals surface area contributed by atoms with Gasteiger partial charge in [0.25, 0.3) is 0 Å². The number of hydrogen-bond acceptors (Lipinski definition) is 7. The van der Waals surface area contributed by atoms with Crippen LogP contribution in [0.5, 0.6) is 0 Å². The summed E-state index contributed by atoms with van der Waals surface area (Å²) in [5, 5.41) is 10.9. The zero-order valence-electron chi connectivity index (χ0n) is 31.7. The summed E-state index contributed by atoms with van der Waals surface area (Å²) in [6.45, 7) is 32.3. The molecule has 1 saturated carbocycles. The highest BCUT2D eigenvalue weighted by Crippen LogP contribution is 2.29. The zero-order valence-corrected chi connectivity index (χ0v) is 31.7. The van der Waals surface area contributed by atoms with Gasteiger partial charge >= 0.3 is 0 Å². The number of oxazole rings is 1. The van der Waals surface area contributed by atoms with E-state index in [2.05, 4.69) is 87.8 Å². The third-order valence-electron chi connectivity index (χ3n) is 6.17. The van der Waals surface area contributed by atoms with Crippen LogP contribution in [0.15, 0.2) is 52.6 Å². The number of hydrogen-bond donors (Lipinski definition) is 1. The lowest BCUT2D eigenvalue weighted by molar-refractivity contribution is -0.123. The summed E-state index contributed by atoms with van der Waals surface area (Å²) in [4.78, 5) is 19.3. The minimum Gasteiger partial charge on any atom is -0.479 e. The van der Waals surface area contributed by atoms with E-state index in [-0.39, 0.29) is 39.3 Å². The minimum absolute atomic E-state index is 0.0451. The molecule has 0 radical (unpaired) electrons. The standard InChI is InChI=1S/C8H15NO.C7H11FN2.C7H12N2.C7H13NO.C7H11NO/c1-8(2,3)9-7(10)6-4-5-6;1-7(2,3)10-6(8)4-5-9-10;1-7(2,3)9-6-4-5-8-9;2*1-7(2,3)6-8-4-5-9-6/h6H,4-5H2,1-3H3,(H,9,10);4-5H,1-3H3;4-6H,1-3H3;4-5H2,1-3H3;4-5H,1-3H3. The maximum Gasteiger partial charge on any atom is 0.223 e. The molecule has 0 aromatic carbocycles. The minimum atomic E-state index is -0.285. The van der Waals surface area contributed by atoms with Gasteiger partial charge in [-0.3, -0.25) is 14.5 Å². The van der Waals surface area contributed by atoms with E-state index in [4.69, 9.17) is 9.15 Å². The van der Waals surface area contributed by atoms with E-state index in [1.165, 1.54) is 16.9 Å². The number of carbonyl (C=O) groups excluding carboxylic acids is 1. The molecule has 47 heavy (non-hydrogen) atoms. The number of carbonyl (C=O) groups is 1. The molecule has 3 aromatic rings. The largest absolute Gasteiger partial charge is 0.479 e. The fourth-order valence-electron chi connectivity index (χ4n) is 3.65. The molecule has 1 fully saturated rings. The Morgan fingerprint density at radius 3 is 1.70 bits per heavy atom. The van der Waals surface area contributed by atoms with Crippen LogP contribution in [0.25, 0.3) is 0 Å². The zero-order chi connectivity index (χ0) is 36.3. The highest BCUT2D eigenvalue weighted by molar-refractivity contribution is 5.82. The Morgan fingerprint density at radius 2 is 1.47 bits per heavy atom. The molecule has 1 amide bonds. The second-order valence-electron chi connectivity index (χ2n) is 16.7. The first-order valence-electron chi connectivity index (χ1n) is 16.4. The van der Waals surface area contributed by atoms with Crippen molar-refractivity contribution in [2.45, 2.75) is 139 Å². The van der Waals surface area contributed by atoms with Gasteiger partial charge in [0.15, 0.2) is 11.8 Å². The summed E-state index contributed by atoms with van der Waals surface area (Å²) in [5.74, 6) is 1.98. The first kappa shape index (κ1) is 41.5. The normalized spacial score (nSPS) is 14.8. The van der Waals surface area contributed by atoms with Crippen LogP contribution in [0.2, 0.25) is 0 Å². The maximum atomic E-state index is 12.7. The molecule has 3 aromatic heterocycles. The summed E-state index contributed by atoms with van der Waals surface area (Å²) in [5.41, 5.74) is -0.0310. The highest BCUT2D eigenvalue weighted by atomic mass is 19.1. The molecule has 266 valence electrons. The highest BCUT2D eigenvalue weighted by Gasteiger charge is 2.31. The van der Waals surface area contributed by atoms with Crippen LogP contribution in [0.3, 0.4) is 0 Å². The SMILES string of the molecule is CC(C)(C)C1=NCCO1.CC(C)(C)NC(=O)C1CC1.CC(C)(C)c1ncco1.CC(C)(C)n1cccn1.CC(C)(C)n1nccc1F. The Balaban J connectivity index is 0.000000294. The summed E-state index contributed by atoms with van der Waals surface area (Å²) in [7, 11) is 0. The molecule has 1 aliphatic heterocycles. The van der Waals surface area contributed by atoms with Gasteiger partial charge < -0.3 is 14.5 Å². The number of amides is 1. The van der Waals surface area contributed by atoms with E-state index in [1.807, 2.05) is 58.5 Å². The van der Waals surface area contributed by atoms with Crippen LogP contribution in [0.4, 0.5) is 4.39 Å². The molecule has 1 N–H and O–H groups in total. The van der Waals surface area contributed by atoms with Gasteiger partial charge in [0.05, 0.1) is 30.0 Å². The number of halogens is 1. The van der Waals surface area contributed by atoms with Crippen LogP contribution < -0.4 is 5.32 Å². The third kappa shape index (κ3) is 17.3. The van der Waals surface area contributed by atoms with Crippen molar-refractivity contribution in [1.29, 1.82) is 0 Å². The molecule has 4 heterocycles. The van der Waals surface area contributed by atoms with Gasteiger partial charge in [0.2, 0.25) is 11.9 Å². The van der Waals surface area contributed by atoms with Crippen molar-refractivity contribution >= 4 is 11.8 Å². The predicted octanol–water partition coefficient (Wildman–Crippen LogP) is 8.16. The van der Waals surface area contributed by atoms with E-state index < -0.39 is 0 Å². The fraction of sp³-hybridized carbons (Fsp3) is 0.694. The van der Waals surface area contributed by atoms with Crippen LogP contribution >= 0.6 is 0 Å². The van der Waals surface area contributed by atoms with Gasteiger partial charge in [-0.05, 0) is 81.2 Å². The van der Waals surface area contributed by atoms with E-state index in [9.17, 15) is 9.18 Å². The smallest absolute Gasteiger partial charge is 0.223 e. The number of aliphatic imine (C=N–C) groups is 1. The van der Waals surface area contributed by atoms with Crippen molar-refractivity contribution in [2.24, 2.45) is 16.3 Å². The third-order valence-corrected chi connectivity index (χ3v) is 6.17. The van der Waals surface area contributed by atoms with Gasteiger partial charge in [-0.25, -0.2) is 9.67 Å². The average Bonchev–Trinajstić information content (AvgIpc) is 3.46. The molecule has 10 nitrogen and oxygen atoms in total. The molecule has 11 heteroatoms. The van der Waals surface area contributed by atoms with Crippen LogP contribution in [-0.2, 0) is 26.0 Å². The number of nitrogens with zero attached hydrogens (tertiary/aromatic N) is 6. The van der Waals surface area contributed by atoms with Crippen molar-refractivity contribution in [3.05, 3.63) is 55.0 Å². The first-order valence-corrected chi connectivity index (χ1v) is 16.4. The van der Waals surface area contributed by atoms with E-state index in [0.29, 0.717) is 5.92 Å². The summed E-state index contributed by atoms with van der Waals surface area (Å²) in [6.07, 6.45) is 10.7. The molecule has 1 aliphatic carbocycles. The van der Waals surface area contributed by atoms with Crippen molar-refractivity contribution in [2.75, 3.05) is 13.2 Å². The Labute approximate surface area is 283 Å². The molecular weight excluding hydrogens is 597 g/mol. The first-order chi connectivity index (χ1) is 21.3. The van der Waals surface area contributed by atoms with Crippen LogP contribution in [0, 0.1) is 17.3 Å². The summed E-state index contributed by atoms with van der Waals surface area (Å²) < 4.78 is 26.4. The predicted molar refractivity (Wildman–Crippen MR) is 188 cm³/mol. The number of ether oxygens (including phenoxy) is 1. The quantitative estimate of drug-likeness (QED) is 0.282.